The summed E-state index contributed by atoms with van der Waals surface area (Å²) in [4.78, 5) is 2.37. The van der Waals surface area contributed by atoms with E-state index in [4.69, 9.17) is 0 Å². The SMILES string of the molecule is CCC(CC)N1CCc2cc(C)c(F)cc21. The molecule has 0 radical (unpaired) electrons. The monoisotopic (exact) mass is 221 g/mol. The van der Waals surface area contributed by atoms with Gasteiger partial charge in [-0.1, -0.05) is 19.9 Å². The fraction of sp³-hybridized carbons (Fsp3) is 0.571. The molecule has 1 aromatic carbocycles. The Hall–Kier alpha value is -1.05. The van der Waals surface area contributed by atoms with Crippen LogP contribution >= 0.6 is 0 Å². The van der Waals surface area contributed by atoms with Crippen LogP contribution in [-0.2, 0) is 6.42 Å². The molecule has 2 heteroatoms. The summed E-state index contributed by atoms with van der Waals surface area (Å²) in [6.45, 7) is 7.30. The molecule has 0 aliphatic carbocycles. The van der Waals surface area contributed by atoms with E-state index < -0.39 is 0 Å². The zero-order valence-corrected chi connectivity index (χ0v) is 10.4. The second-order valence-corrected chi connectivity index (χ2v) is 4.64. The molecule has 0 saturated carbocycles. The number of fused-ring (bicyclic) bond motifs is 1. The maximum absolute atomic E-state index is 13.6. The largest absolute Gasteiger partial charge is 0.368 e. The maximum atomic E-state index is 13.6. The highest BCUT2D eigenvalue weighted by Crippen LogP contribution is 2.33. The number of hydrogen-bond donors (Lipinski definition) is 0. The van der Waals surface area contributed by atoms with Crippen LogP contribution in [0.3, 0.4) is 0 Å². The minimum atomic E-state index is -0.0726. The van der Waals surface area contributed by atoms with Crippen molar-refractivity contribution in [3.05, 3.63) is 29.1 Å². The van der Waals surface area contributed by atoms with Gasteiger partial charge in [0.05, 0.1) is 0 Å². The summed E-state index contributed by atoms with van der Waals surface area (Å²) in [6.07, 6.45) is 3.32. The predicted octanol–water partition coefficient (Wildman–Crippen LogP) is 3.69. The van der Waals surface area contributed by atoms with Crippen LogP contribution in [0, 0.1) is 12.7 Å². The first kappa shape index (κ1) is 11.4. The molecule has 1 aliphatic rings. The van der Waals surface area contributed by atoms with Gasteiger partial charge in [0, 0.05) is 18.3 Å². The van der Waals surface area contributed by atoms with Crippen LogP contribution in [0.1, 0.15) is 37.8 Å². The van der Waals surface area contributed by atoms with Crippen molar-refractivity contribution in [2.24, 2.45) is 0 Å². The Bertz CT molecular complexity index is 383. The number of hydrogen-bond acceptors (Lipinski definition) is 1. The van der Waals surface area contributed by atoms with Crippen molar-refractivity contribution >= 4 is 5.69 Å². The summed E-state index contributed by atoms with van der Waals surface area (Å²) in [7, 11) is 0. The molecule has 0 fully saturated rings. The molecule has 2 rings (SSSR count). The summed E-state index contributed by atoms with van der Waals surface area (Å²) in [5.74, 6) is -0.0726. The van der Waals surface area contributed by atoms with E-state index in [-0.39, 0.29) is 5.82 Å². The van der Waals surface area contributed by atoms with Crippen molar-refractivity contribution in [1.82, 2.24) is 0 Å². The van der Waals surface area contributed by atoms with Crippen LogP contribution in [0.25, 0.3) is 0 Å². The summed E-state index contributed by atoms with van der Waals surface area (Å²) in [5.41, 5.74) is 3.20. The zero-order chi connectivity index (χ0) is 11.7. The lowest BCUT2D eigenvalue weighted by molar-refractivity contribution is 0.568. The van der Waals surface area contributed by atoms with Crippen molar-refractivity contribution in [1.29, 1.82) is 0 Å². The molecule has 0 N–H and O–H groups in total. The Morgan fingerprint density at radius 2 is 2.00 bits per heavy atom. The van der Waals surface area contributed by atoms with Gasteiger partial charge < -0.3 is 4.90 Å². The van der Waals surface area contributed by atoms with Gasteiger partial charge in [-0.2, -0.15) is 0 Å². The van der Waals surface area contributed by atoms with Crippen LogP contribution < -0.4 is 4.90 Å². The van der Waals surface area contributed by atoms with Gasteiger partial charge in [-0.15, -0.1) is 0 Å². The molecule has 0 amide bonds. The van der Waals surface area contributed by atoms with Gasteiger partial charge in [0.15, 0.2) is 0 Å². The number of anilines is 1. The Labute approximate surface area is 97.3 Å². The van der Waals surface area contributed by atoms with E-state index in [1.807, 2.05) is 13.0 Å². The van der Waals surface area contributed by atoms with Crippen molar-refractivity contribution in [3.8, 4) is 0 Å². The zero-order valence-electron chi connectivity index (χ0n) is 10.4. The molecule has 1 aliphatic heterocycles. The minimum Gasteiger partial charge on any atom is -0.368 e. The first-order valence-corrected chi connectivity index (χ1v) is 6.23. The van der Waals surface area contributed by atoms with Gasteiger partial charge in [-0.25, -0.2) is 4.39 Å². The third kappa shape index (κ3) is 1.81. The summed E-state index contributed by atoms with van der Waals surface area (Å²) >= 11 is 0. The molecule has 0 aromatic heterocycles. The molecular weight excluding hydrogens is 201 g/mol. The standard InChI is InChI=1S/C14H20FN/c1-4-12(5-2)16-7-6-11-8-10(3)13(15)9-14(11)16/h8-9,12H,4-7H2,1-3H3. The average Bonchev–Trinajstić information content (AvgIpc) is 2.65. The Morgan fingerprint density at radius 1 is 1.31 bits per heavy atom. The lowest BCUT2D eigenvalue weighted by atomic mass is 10.1. The molecule has 0 saturated heterocycles. The fourth-order valence-electron chi connectivity index (χ4n) is 2.67. The molecule has 16 heavy (non-hydrogen) atoms. The highest BCUT2D eigenvalue weighted by molar-refractivity contribution is 5.60. The second-order valence-electron chi connectivity index (χ2n) is 4.64. The van der Waals surface area contributed by atoms with Crippen molar-refractivity contribution in [2.45, 2.75) is 46.1 Å². The number of benzene rings is 1. The summed E-state index contributed by atoms with van der Waals surface area (Å²) < 4.78 is 13.6. The lowest BCUT2D eigenvalue weighted by Crippen LogP contribution is -2.32. The van der Waals surface area contributed by atoms with Gasteiger partial charge in [-0.3, -0.25) is 0 Å². The first-order chi connectivity index (χ1) is 7.67. The van der Waals surface area contributed by atoms with E-state index in [0.717, 1.165) is 37.1 Å². The molecule has 1 nitrogen and oxygen atoms in total. The number of nitrogens with zero attached hydrogens (tertiary/aromatic N) is 1. The molecule has 0 bridgehead atoms. The van der Waals surface area contributed by atoms with Gasteiger partial charge in [0.2, 0.25) is 0 Å². The van der Waals surface area contributed by atoms with E-state index in [0.29, 0.717) is 6.04 Å². The Balaban J connectivity index is 2.35. The molecular formula is C14H20FN. The van der Waals surface area contributed by atoms with Crippen LogP contribution in [0.2, 0.25) is 0 Å². The third-order valence-electron chi connectivity index (χ3n) is 3.67. The van der Waals surface area contributed by atoms with Gasteiger partial charge in [0.25, 0.3) is 0 Å². The number of halogens is 1. The fourth-order valence-corrected chi connectivity index (χ4v) is 2.67. The van der Waals surface area contributed by atoms with Crippen LogP contribution in [0.15, 0.2) is 12.1 Å². The van der Waals surface area contributed by atoms with Gasteiger partial charge >= 0.3 is 0 Å². The van der Waals surface area contributed by atoms with Gasteiger partial charge in [-0.05, 0) is 43.4 Å². The molecule has 0 spiro atoms. The van der Waals surface area contributed by atoms with Crippen molar-refractivity contribution in [2.75, 3.05) is 11.4 Å². The number of rotatable bonds is 3. The maximum Gasteiger partial charge on any atom is 0.128 e. The Kier molecular flexibility index (Phi) is 3.17. The quantitative estimate of drug-likeness (QED) is 0.752. The van der Waals surface area contributed by atoms with E-state index in [1.165, 1.54) is 5.56 Å². The van der Waals surface area contributed by atoms with E-state index in [1.54, 1.807) is 6.07 Å². The Morgan fingerprint density at radius 3 is 2.62 bits per heavy atom. The van der Waals surface area contributed by atoms with Crippen LogP contribution in [-0.4, -0.2) is 12.6 Å². The summed E-state index contributed by atoms with van der Waals surface area (Å²) in [5, 5.41) is 0. The van der Waals surface area contributed by atoms with Crippen molar-refractivity contribution in [3.63, 3.8) is 0 Å². The molecule has 0 atom stereocenters. The molecule has 1 heterocycles. The topological polar surface area (TPSA) is 3.24 Å². The van der Waals surface area contributed by atoms with E-state index in [9.17, 15) is 4.39 Å². The van der Waals surface area contributed by atoms with E-state index in [2.05, 4.69) is 18.7 Å². The number of aryl methyl sites for hydroxylation is 1. The lowest BCUT2D eigenvalue weighted by Gasteiger charge is -2.28. The smallest absolute Gasteiger partial charge is 0.128 e. The third-order valence-corrected chi connectivity index (χ3v) is 3.67. The van der Waals surface area contributed by atoms with E-state index >= 15 is 0 Å². The van der Waals surface area contributed by atoms with Crippen molar-refractivity contribution < 1.29 is 4.39 Å². The predicted molar refractivity (Wildman–Crippen MR) is 66.6 cm³/mol. The second kappa shape index (κ2) is 4.44. The molecule has 0 unspecified atom stereocenters. The van der Waals surface area contributed by atoms with Crippen LogP contribution in [0.4, 0.5) is 10.1 Å². The molecule has 1 aromatic rings. The van der Waals surface area contributed by atoms with Crippen LogP contribution in [0.5, 0.6) is 0 Å². The highest BCUT2D eigenvalue weighted by atomic mass is 19.1. The highest BCUT2D eigenvalue weighted by Gasteiger charge is 2.24. The van der Waals surface area contributed by atoms with Gasteiger partial charge in [0.1, 0.15) is 5.82 Å². The average molecular weight is 221 g/mol. The minimum absolute atomic E-state index is 0.0726. The summed E-state index contributed by atoms with van der Waals surface area (Å²) in [6, 6.07) is 4.28. The first-order valence-electron chi connectivity index (χ1n) is 6.23. The normalized spacial score (nSPS) is 14.7. The molecule has 88 valence electrons.